The van der Waals surface area contributed by atoms with Crippen molar-refractivity contribution in [3.05, 3.63) is 94.6 Å². The van der Waals surface area contributed by atoms with E-state index in [4.69, 9.17) is 10.5 Å². The van der Waals surface area contributed by atoms with Crippen molar-refractivity contribution in [1.29, 1.82) is 0 Å². The summed E-state index contributed by atoms with van der Waals surface area (Å²) in [4.78, 5) is 11.2. The Balaban J connectivity index is 1.22. The van der Waals surface area contributed by atoms with Crippen LogP contribution >= 0.6 is 0 Å². The summed E-state index contributed by atoms with van der Waals surface area (Å²) in [6.07, 6.45) is 7.48. The van der Waals surface area contributed by atoms with Gasteiger partial charge in [0.05, 0.1) is 23.9 Å². The summed E-state index contributed by atoms with van der Waals surface area (Å²) in [5.74, 6) is -1.79. The fourth-order valence-electron chi connectivity index (χ4n) is 4.59. The molecular weight excluding hydrogens is 398 g/mol. The number of aromatic nitrogens is 2. The molecule has 0 saturated carbocycles. The largest absolute Gasteiger partial charge is 0.365 e. The molecule has 0 bridgehead atoms. The van der Waals surface area contributed by atoms with E-state index in [1.807, 2.05) is 30.7 Å². The summed E-state index contributed by atoms with van der Waals surface area (Å²) in [6.45, 7) is 3.33. The number of benzene rings is 1. The first-order valence-corrected chi connectivity index (χ1v) is 10.5. The first kappa shape index (κ1) is 20.2. The molecule has 31 heavy (non-hydrogen) atoms. The SMILES string of the molecule is N[C@@H](c1ccc(F)c(F)c1)c1ccc(CN2CCC3(CC2)OCc2ccncc23)cn1. The Morgan fingerprint density at radius 3 is 2.65 bits per heavy atom. The predicted molar refractivity (Wildman–Crippen MR) is 112 cm³/mol. The molecule has 1 fully saturated rings. The third-order valence-electron chi connectivity index (χ3n) is 6.45. The Labute approximate surface area is 179 Å². The number of hydrogen-bond acceptors (Lipinski definition) is 5. The van der Waals surface area contributed by atoms with Gasteiger partial charge in [0.1, 0.15) is 0 Å². The Bertz CT molecular complexity index is 1080. The Kier molecular flexibility index (Phi) is 5.25. The van der Waals surface area contributed by atoms with Crippen LogP contribution in [0, 0.1) is 11.6 Å². The minimum absolute atomic E-state index is 0.195. The van der Waals surface area contributed by atoms with Gasteiger partial charge in [0, 0.05) is 43.8 Å². The van der Waals surface area contributed by atoms with Gasteiger partial charge in [0.15, 0.2) is 11.6 Å². The molecular formula is C24H24F2N4O. The normalized spacial score (nSPS) is 18.8. The molecule has 1 spiro atoms. The van der Waals surface area contributed by atoms with Gasteiger partial charge in [-0.3, -0.25) is 14.9 Å². The molecule has 160 valence electrons. The highest BCUT2D eigenvalue weighted by atomic mass is 19.2. The smallest absolute Gasteiger partial charge is 0.159 e. The first-order chi connectivity index (χ1) is 15.0. The van der Waals surface area contributed by atoms with E-state index < -0.39 is 17.7 Å². The van der Waals surface area contributed by atoms with E-state index in [1.165, 1.54) is 17.2 Å². The molecule has 5 rings (SSSR count). The van der Waals surface area contributed by atoms with Crippen molar-refractivity contribution in [3.63, 3.8) is 0 Å². The van der Waals surface area contributed by atoms with Crippen molar-refractivity contribution >= 4 is 0 Å². The summed E-state index contributed by atoms with van der Waals surface area (Å²) < 4.78 is 32.9. The van der Waals surface area contributed by atoms with Crippen LogP contribution in [0.3, 0.4) is 0 Å². The average Bonchev–Trinajstić information content (AvgIpc) is 3.16. The molecule has 5 nitrogen and oxygen atoms in total. The van der Waals surface area contributed by atoms with Crippen LogP contribution in [0.15, 0.2) is 55.0 Å². The summed E-state index contributed by atoms with van der Waals surface area (Å²) in [6, 6.07) is 9.00. The third kappa shape index (κ3) is 3.84. The number of hydrogen-bond donors (Lipinski definition) is 1. The van der Waals surface area contributed by atoms with Crippen molar-refractivity contribution in [1.82, 2.24) is 14.9 Å². The van der Waals surface area contributed by atoms with Gasteiger partial charge in [-0.1, -0.05) is 12.1 Å². The van der Waals surface area contributed by atoms with Gasteiger partial charge in [-0.25, -0.2) is 8.78 Å². The maximum absolute atomic E-state index is 13.5. The molecule has 2 aliphatic rings. The number of pyridine rings is 2. The molecule has 4 heterocycles. The molecule has 1 saturated heterocycles. The van der Waals surface area contributed by atoms with Crippen molar-refractivity contribution < 1.29 is 13.5 Å². The lowest BCUT2D eigenvalue weighted by molar-refractivity contribution is -0.0800. The van der Waals surface area contributed by atoms with Crippen LogP contribution < -0.4 is 5.73 Å². The van der Waals surface area contributed by atoms with Crippen molar-refractivity contribution in [2.45, 2.75) is 37.6 Å². The van der Waals surface area contributed by atoms with Gasteiger partial charge in [0.25, 0.3) is 0 Å². The zero-order valence-electron chi connectivity index (χ0n) is 17.1. The van der Waals surface area contributed by atoms with Gasteiger partial charge >= 0.3 is 0 Å². The lowest BCUT2D eigenvalue weighted by Crippen LogP contribution is -2.42. The molecule has 1 aromatic carbocycles. The summed E-state index contributed by atoms with van der Waals surface area (Å²) >= 11 is 0. The molecule has 2 aliphatic heterocycles. The highest BCUT2D eigenvalue weighted by Gasteiger charge is 2.42. The lowest BCUT2D eigenvalue weighted by Gasteiger charge is -2.39. The quantitative estimate of drug-likeness (QED) is 0.693. The predicted octanol–water partition coefficient (Wildman–Crippen LogP) is 3.82. The second kappa shape index (κ2) is 8.07. The van der Waals surface area contributed by atoms with Crippen molar-refractivity contribution in [2.75, 3.05) is 13.1 Å². The number of likely N-dealkylation sites (tertiary alicyclic amines) is 1. The molecule has 1 atom stereocenters. The second-order valence-corrected chi connectivity index (χ2v) is 8.33. The van der Waals surface area contributed by atoms with Gasteiger partial charge in [-0.15, -0.1) is 0 Å². The zero-order chi connectivity index (χ0) is 21.4. The summed E-state index contributed by atoms with van der Waals surface area (Å²) in [7, 11) is 0. The third-order valence-corrected chi connectivity index (χ3v) is 6.45. The van der Waals surface area contributed by atoms with Crippen LogP contribution in [0.25, 0.3) is 0 Å². The van der Waals surface area contributed by atoms with Crippen LogP contribution in [0.1, 0.15) is 46.8 Å². The molecule has 2 N–H and O–H groups in total. The molecule has 3 aromatic rings. The van der Waals surface area contributed by atoms with Gasteiger partial charge < -0.3 is 10.5 Å². The molecule has 0 amide bonds. The summed E-state index contributed by atoms with van der Waals surface area (Å²) in [5, 5.41) is 0. The maximum Gasteiger partial charge on any atom is 0.159 e. The van der Waals surface area contributed by atoms with Crippen LogP contribution in [-0.4, -0.2) is 28.0 Å². The zero-order valence-corrected chi connectivity index (χ0v) is 17.1. The van der Waals surface area contributed by atoms with E-state index in [1.54, 1.807) is 0 Å². The maximum atomic E-state index is 13.5. The van der Waals surface area contributed by atoms with E-state index in [0.717, 1.165) is 50.2 Å². The number of nitrogens with zero attached hydrogens (tertiary/aromatic N) is 3. The first-order valence-electron chi connectivity index (χ1n) is 10.5. The van der Waals surface area contributed by atoms with Crippen LogP contribution in [0.4, 0.5) is 8.78 Å². The van der Waals surface area contributed by atoms with Gasteiger partial charge in [0.2, 0.25) is 0 Å². The van der Waals surface area contributed by atoms with Crippen molar-refractivity contribution in [3.8, 4) is 0 Å². The van der Waals surface area contributed by atoms with Crippen LogP contribution in [0.5, 0.6) is 0 Å². The monoisotopic (exact) mass is 422 g/mol. The molecule has 0 aliphatic carbocycles. The number of nitrogens with two attached hydrogens (primary N) is 1. The van der Waals surface area contributed by atoms with E-state index in [0.29, 0.717) is 17.9 Å². The second-order valence-electron chi connectivity index (χ2n) is 8.33. The number of ether oxygens (including phenoxy) is 1. The van der Waals surface area contributed by atoms with Crippen molar-refractivity contribution in [2.24, 2.45) is 5.73 Å². The minimum atomic E-state index is -0.905. The lowest BCUT2D eigenvalue weighted by atomic mass is 9.84. The van der Waals surface area contributed by atoms with Gasteiger partial charge in [-0.2, -0.15) is 0 Å². The number of fused-ring (bicyclic) bond motifs is 2. The van der Waals surface area contributed by atoms with E-state index in [2.05, 4.69) is 20.9 Å². The Morgan fingerprint density at radius 2 is 1.90 bits per heavy atom. The minimum Gasteiger partial charge on any atom is -0.365 e. The highest BCUT2D eigenvalue weighted by molar-refractivity contribution is 5.33. The molecule has 0 unspecified atom stereocenters. The highest BCUT2D eigenvalue weighted by Crippen LogP contribution is 2.43. The fourth-order valence-corrected chi connectivity index (χ4v) is 4.59. The Hall–Kier alpha value is -2.74. The topological polar surface area (TPSA) is 64.3 Å². The van der Waals surface area contributed by atoms with Gasteiger partial charge in [-0.05, 0) is 53.8 Å². The standard InChI is InChI=1S/C24H24F2N4O/c25-20-3-2-17(11-21(20)26)23(27)22-4-1-16(12-29-22)14-30-9-6-24(7-10-30)19-13-28-8-5-18(19)15-31-24/h1-5,8,11-13,23H,6-7,9-10,14-15,27H2/t23-/m0/s1. The van der Waals surface area contributed by atoms with E-state index in [9.17, 15) is 8.78 Å². The average molecular weight is 422 g/mol. The van der Waals surface area contributed by atoms with Crippen LogP contribution in [-0.2, 0) is 23.5 Å². The fraction of sp³-hybridized carbons (Fsp3) is 0.333. The Morgan fingerprint density at radius 1 is 1.06 bits per heavy atom. The van der Waals surface area contributed by atoms with E-state index >= 15 is 0 Å². The number of halogens is 2. The molecule has 0 radical (unpaired) electrons. The van der Waals surface area contributed by atoms with Crippen LogP contribution in [0.2, 0.25) is 0 Å². The number of rotatable bonds is 4. The molecule has 2 aromatic heterocycles. The summed E-state index contributed by atoms with van der Waals surface area (Å²) in [5.41, 5.74) is 10.7. The molecule has 7 heteroatoms. The van der Waals surface area contributed by atoms with E-state index in [-0.39, 0.29) is 5.60 Å². The number of piperidine rings is 1.